The molecule has 0 fully saturated rings. The van der Waals surface area contributed by atoms with Crippen molar-refractivity contribution < 1.29 is 18.7 Å². The van der Waals surface area contributed by atoms with E-state index in [2.05, 4.69) is 12.2 Å². The van der Waals surface area contributed by atoms with Gasteiger partial charge in [-0.05, 0) is 67.4 Å². The summed E-state index contributed by atoms with van der Waals surface area (Å²) in [6, 6.07) is 20.4. The predicted molar refractivity (Wildman–Crippen MR) is 133 cm³/mol. The summed E-state index contributed by atoms with van der Waals surface area (Å²) in [5.74, 6) is -0.820. The van der Waals surface area contributed by atoms with E-state index in [0.717, 1.165) is 34.5 Å². The number of nitrogens with zero attached hydrogens (tertiary/aromatic N) is 2. The molecule has 0 saturated carbocycles. The van der Waals surface area contributed by atoms with Crippen LogP contribution in [0.1, 0.15) is 41.9 Å². The molecule has 35 heavy (non-hydrogen) atoms. The summed E-state index contributed by atoms with van der Waals surface area (Å²) in [5.41, 5.74) is 5.20. The lowest BCUT2D eigenvalue weighted by molar-refractivity contribution is -0.132. The molecule has 3 aromatic carbocycles. The van der Waals surface area contributed by atoms with Crippen molar-refractivity contribution >= 4 is 17.6 Å². The average molecular weight is 472 g/mol. The summed E-state index contributed by atoms with van der Waals surface area (Å²) >= 11 is 0. The smallest absolute Gasteiger partial charge is 0.309 e. The fourth-order valence-corrected chi connectivity index (χ4v) is 3.76. The van der Waals surface area contributed by atoms with Gasteiger partial charge in [0, 0.05) is 18.2 Å². The number of aryl methyl sites for hydroxylation is 2. The number of hydrogen-bond acceptors (Lipinski definition) is 4. The van der Waals surface area contributed by atoms with Gasteiger partial charge in [0.05, 0.1) is 16.9 Å². The highest BCUT2D eigenvalue weighted by Gasteiger charge is 2.23. The van der Waals surface area contributed by atoms with Gasteiger partial charge in [-0.1, -0.05) is 43.2 Å². The molecular formula is C28H26FN3O3. The van der Waals surface area contributed by atoms with Crippen LogP contribution in [0.5, 0.6) is 5.88 Å². The van der Waals surface area contributed by atoms with E-state index >= 15 is 0 Å². The molecule has 1 heterocycles. The highest BCUT2D eigenvalue weighted by atomic mass is 19.1. The van der Waals surface area contributed by atoms with Crippen molar-refractivity contribution in [2.45, 2.75) is 33.6 Å². The highest BCUT2D eigenvalue weighted by molar-refractivity contribution is 6.04. The molecule has 0 spiro atoms. The second-order valence-corrected chi connectivity index (χ2v) is 8.26. The Morgan fingerprint density at radius 1 is 0.971 bits per heavy atom. The SMILES string of the molecule is CCCc1nn(-c2ccc(C)cc2)c(OC(C)=O)c1-c1ccc(NC(=O)c2ccc(F)cc2)cc1. The van der Waals surface area contributed by atoms with Gasteiger partial charge in [-0.2, -0.15) is 9.78 Å². The van der Waals surface area contributed by atoms with Gasteiger partial charge < -0.3 is 10.1 Å². The minimum absolute atomic E-state index is 0.336. The first-order valence-electron chi connectivity index (χ1n) is 11.4. The Morgan fingerprint density at radius 3 is 2.23 bits per heavy atom. The maximum atomic E-state index is 13.1. The van der Waals surface area contributed by atoms with Crippen LogP contribution in [0, 0.1) is 12.7 Å². The molecule has 6 nitrogen and oxygen atoms in total. The van der Waals surface area contributed by atoms with E-state index in [0.29, 0.717) is 23.6 Å². The van der Waals surface area contributed by atoms with E-state index < -0.39 is 11.8 Å². The van der Waals surface area contributed by atoms with Crippen molar-refractivity contribution in [1.82, 2.24) is 9.78 Å². The fourth-order valence-electron chi connectivity index (χ4n) is 3.76. The van der Waals surface area contributed by atoms with Crippen LogP contribution in [0.15, 0.2) is 72.8 Å². The molecule has 1 amide bonds. The third-order valence-electron chi connectivity index (χ3n) is 5.46. The van der Waals surface area contributed by atoms with Crippen LogP contribution < -0.4 is 10.1 Å². The molecule has 0 bridgehead atoms. The Bertz CT molecular complexity index is 1340. The Morgan fingerprint density at radius 2 is 1.63 bits per heavy atom. The minimum Gasteiger partial charge on any atom is -0.407 e. The first-order chi connectivity index (χ1) is 16.9. The van der Waals surface area contributed by atoms with E-state index in [1.807, 2.05) is 43.3 Å². The van der Waals surface area contributed by atoms with Gasteiger partial charge in [-0.25, -0.2) is 4.39 Å². The summed E-state index contributed by atoms with van der Waals surface area (Å²) in [4.78, 5) is 24.5. The van der Waals surface area contributed by atoms with Crippen LogP contribution >= 0.6 is 0 Å². The third-order valence-corrected chi connectivity index (χ3v) is 5.46. The Hall–Kier alpha value is -4.26. The fraction of sp³-hybridized carbons (Fsp3) is 0.179. The third kappa shape index (κ3) is 5.46. The molecule has 0 atom stereocenters. The topological polar surface area (TPSA) is 73.2 Å². The van der Waals surface area contributed by atoms with Gasteiger partial charge >= 0.3 is 5.97 Å². The minimum atomic E-state index is -0.439. The van der Waals surface area contributed by atoms with Crippen molar-refractivity contribution in [3.63, 3.8) is 0 Å². The van der Waals surface area contributed by atoms with E-state index in [9.17, 15) is 14.0 Å². The van der Waals surface area contributed by atoms with Crippen molar-refractivity contribution in [1.29, 1.82) is 0 Å². The highest BCUT2D eigenvalue weighted by Crippen LogP contribution is 2.37. The molecule has 0 aliphatic carbocycles. The summed E-state index contributed by atoms with van der Waals surface area (Å²) < 4.78 is 20.5. The summed E-state index contributed by atoms with van der Waals surface area (Å²) in [6.45, 7) is 5.43. The number of anilines is 1. The summed E-state index contributed by atoms with van der Waals surface area (Å²) in [7, 11) is 0. The quantitative estimate of drug-likeness (QED) is 0.330. The van der Waals surface area contributed by atoms with Crippen LogP contribution in [0.4, 0.5) is 10.1 Å². The second kappa shape index (κ2) is 10.3. The molecule has 1 N–H and O–H groups in total. The van der Waals surface area contributed by atoms with E-state index in [1.54, 1.807) is 16.8 Å². The Labute approximate surface area is 203 Å². The molecule has 7 heteroatoms. The van der Waals surface area contributed by atoms with Gasteiger partial charge in [0.1, 0.15) is 5.82 Å². The zero-order valence-electron chi connectivity index (χ0n) is 19.8. The number of aromatic nitrogens is 2. The zero-order valence-corrected chi connectivity index (χ0v) is 19.8. The first-order valence-corrected chi connectivity index (χ1v) is 11.4. The Kier molecular flexibility index (Phi) is 7.06. The lowest BCUT2D eigenvalue weighted by atomic mass is 10.0. The van der Waals surface area contributed by atoms with E-state index in [4.69, 9.17) is 9.84 Å². The molecule has 4 rings (SSSR count). The largest absolute Gasteiger partial charge is 0.407 e. The number of halogens is 1. The number of carbonyl (C=O) groups is 2. The van der Waals surface area contributed by atoms with Gasteiger partial charge in [0.15, 0.2) is 0 Å². The van der Waals surface area contributed by atoms with Crippen LogP contribution in [-0.4, -0.2) is 21.7 Å². The van der Waals surface area contributed by atoms with Crippen LogP contribution in [0.2, 0.25) is 0 Å². The van der Waals surface area contributed by atoms with Crippen LogP contribution in [-0.2, 0) is 11.2 Å². The van der Waals surface area contributed by atoms with Gasteiger partial charge in [-0.3, -0.25) is 9.59 Å². The number of carbonyl (C=O) groups excluding carboxylic acids is 2. The average Bonchev–Trinajstić information content (AvgIpc) is 3.17. The number of ether oxygens (including phenoxy) is 1. The van der Waals surface area contributed by atoms with Crippen molar-refractivity contribution in [2.24, 2.45) is 0 Å². The van der Waals surface area contributed by atoms with Crippen molar-refractivity contribution in [3.8, 4) is 22.7 Å². The van der Waals surface area contributed by atoms with Crippen LogP contribution in [0.3, 0.4) is 0 Å². The van der Waals surface area contributed by atoms with Gasteiger partial charge in [0.25, 0.3) is 5.91 Å². The summed E-state index contributed by atoms with van der Waals surface area (Å²) in [6.07, 6.45) is 1.56. The molecule has 0 saturated heterocycles. The molecule has 1 aromatic heterocycles. The maximum absolute atomic E-state index is 13.1. The van der Waals surface area contributed by atoms with Crippen molar-refractivity contribution in [2.75, 3.05) is 5.32 Å². The standard InChI is InChI=1S/C28H26FN3O3/c1-4-5-25-26(28(35-19(3)33)32(31-25)24-16-6-18(2)7-17-24)20-10-14-23(15-11-20)30-27(34)21-8-12-22(29)13-9-21/h6-17H,4-5H2,1-3H3,(H,30,34). The number of amides is 1. The molecule has 4 aromatic rings. The summed E-state index contributed by atoms with van der Waals surface area (Å²) in [5, 5.41) is 7.60. The number of benzene rings is 3. The maximum Gasteiger partial charge on any atom is 0.309 e. The zero-order chi connectivity index (χ0) is 24.9. The molecule has 0 aliphatic rings. The predicted octanol–water partition coefficient (Wildman–Crippen LogP) is 6.12. The molecular weight excluding hydrogens is 445 g/mol. The molecule has 0 radical (unpaired) electrons. The number of esters is 1. The van der Waals surface area contributed by atoms with Crippen molar-refractivity contribution in [3.05, 3.63) is 95.4 Å². The monoisotopic (exact) mass is 471 g/mol. The number of hydrogen-bond donors (Lipinski definition) is 1. The van der Waals surface area contributed by atoms with Gasteiger partial charge in [0.2, 0.25) is 5.88 Å². The lowest BCUT2D eigenvalue weighted by Crippen LogP contribution is -2.11. The molecule has 178 valence electrons. The number of nitrogens with one attached hydrogen (secondary N) is 1. The van der Waals surface area contributed by atoms with E-state index in [-0.39, 0.29) is 5.91 Å². The first kappa shape index (κ1) is 23.9. The molecule has 0 aliphatic heterocycles. The van der Waals surface area contributed by atoms with Gasteiger partial charge in [-0.15, -0.1) is 0 Å². The second-order valence-electron chi connectivity index (χ2n) is 8.26. The Balaban J connectivity index is 1.70. The number of rotatable bonds is 7. The van der Waals surface area contributed by atoms with E-state index in [1.165, 1.54) is 31.2 Å². The lowest BCUT2D eigenvalue weighted by Gasteiger charge is -2.11. The normalized spacial score (nSPS) is 10.7. The van der Waals surface area contributed by atoms with Crippen LogP contribution in [0.25, 0.3) is 16.8 Å². The molecule has 0 unspecified atom stereocenters.